The highest BCUT2D eigenvalue weighted by atomic mass is 32.2. The molecule has 3 aromatic carbocycles. The van der Waals surface area contributed by atoms with Gasteiger partial charge in [-0.1, -0.05) is 59.8 Å². The molecule has 31 heavy (non-hydrogen) atoms. The van der Waals surface area contributed by atoms with Gasteiger partial charge >= 0.3 is 0 Å². The molecule has 156 valence electrons. The van der Waals surface area contributed by atoms with Gasteiger partial charge in [-0.25, -0.2) is 0 Å². The number of anilines is 1. The topological polar surface area (TPSA) is 69.0 Å². The summed E-state index contributed by atoms with van der Waals surface area (Å²) < 4.78 is 7.19. The number of aryl methyl sites for hydroxylation is 1. The second-order valence-corrected chi connectivity index (χ2v) is 7.86. The first-order valence-corrected chi connectivity index (χ1v) is 10.8. The van der Waals surface area contributed by atoms with Crippen molar-refractivity contribution >= 4 is 23.4 Å². The molecule has 0 aliphatic carbocycles. The van der Waals surface area contributed by atoms with E-state index in [0.717, 1.165) is 22.6 Å². The minimum atomic E-state index is -0.127. The van der Waals surface area contributed by atoms with Gasteiger partial charge in [0.1, 0.15) is 5.75 Å². The van der Waals surface area contributed by atoms with E-state index in [1.165, 1.54) is 11.8 Å². The average Bonchev–Trinajstić information content (AvgIpc) is 3.22. The number of aromatic nitrogens is 3. The highest BCUT2D eigenvalue weighted by Gasteiger charge is 2.17. The zero-order chi connectivity index (χ0) is 21.6. The number of nitrogens with one attached hydrogen (secondary N) is 1. The minimum Gasteiger partial charge on any atom is -0.497 e. The van der Waals surface area contributed by atoms with E-state index in [1.807, 2.05) is 78.2 Å². The number of benzene rings is 3. The predicted molar refractivity (Wildman–Crippen MR) is 124 cm³/mol. The molecule has 0 unspecified atom stereocenters. The van der Waals surface area contributed by atoms with Gasteiger partial charge in [0.25, 0.3) is 0 Å². The van der Waals surface area contributed by atoms with Crippen LogP contribution in [0, 0.1) is 6.92 Å². The second kappa shape index (κ2) is 9.49. The van der Waals surface area contributed by atoms with E-state index in [-0.39, 0.29) is 11.7 Å². The SMILES string of the molecule is COc1cccc(NC(=O)CSc2nnc(-c3cccc(C)c3)n2-c2ccccc2)c1. The highest BCUT2D eigenvalue weighted by Crippen LogP contribution is 2.28. The van der Waals surface area contributed by atoms with Gasteiger partial charge < -0.3 is 10.1 Å². The number of carbonyl (C=O) groups is 1. The summed E-state index contributed by atoms with van der Waals surface area (Å²) in [6, 6.07) is 25.3. The Kier molecular flexibility index (Phi) is 6.33. The van der Waals surface area contributed by atoms with Crippen molar-refractivity contribution < 1.29 is 9.53 Å². The van der Waals surface area contributed by atoms with Gasteiger partial charge in [0, 0.05) is 23.0 Å². The number of carbonyl (C=O) groups excluding carboxylic acids is 1. The molecule has 0 aliphatic rings. The molecule has 0 fully saturated rings. The van der Waals surface area contributed by atoms with Gasteiger partial charge in [0.05, 0.1) is 12.9 Å². The fourth-order valence-corrected chi connectivity index (χ4v) is 3.92. The molecular formula is C24H22N4O2S. The van der Waals surface area contributed by atoms with Crippen LogP contribution in [0.5, 0.6) is 5.75 Å². The average molecular weight is 431 g/mol. The number of nitrogens with zero attached hydrogens (tertiary/aromatic N) is 3. The highest BCUT2D eigenvalue weighted by molar-refractivity contribution is 7.99. The number of ether oxygens (including phenoxy) is 1. The summed E-state index contributed by atoms with van der Waals surface area (Å²) in [4.78, 5) is 12.5. The fourth-order valence-electron chi connectivity index (χ4n) is 3.17. The lowest BCUT2D eigenvalue weighted by Gasteiger charge is -2.11. The van der Waals surface area contributed by atoms with Crippen LogP contribution < -0.4 is 10.1 Å². The third-order valence-electron chi connectivity index (χ3n) is 4.61. The van der Waals surface area contributed by atoms with E-state index in [1.54, 1.807) is 13.2 Å². The number of hydrogen-bond acceptors (Lipinski definition) is 5. The Morgan fingerprint density at radius 2 is 1.81 bits per heavy atom. The Bertz CT molecular complexity index is 1190. The van der Waals surface area contributed by atoms with Crippen LogP contribution in [0.2, 0.25) is 0 Å². The summed E-state index contributed by atoms with van der Waals surface area (Å²) in [5.74, 6) is 1.51. The lowest BCUT2D eigenvalue weighted by atomic mass is 10.1. The van der Waals surface area contributed by atoms with Crippen LogP contribution in [0.1, 0.15) is 5.56 Å². The number of methoxy groups -OCH3 is 1. The third-order valence-corrected chi connectivity index (χ3v) is 5.54. The summed E-state index contributed by atoms with van der Waals surface area (Å²) in [7, 11) is 1.60. The second-order valence-electron chi connectivity index (χ2n) is 6.92. The van der Waals surface area contributed by atoms with E-state index in [9.17, 15) is 4.79 Å². The molecule has 1 amide bonds. The molecule has 0 atom stereocenters. The summed E-state index contributed by atoms with van der Waals surface area (Å²) in [5.41, 5.74) is 3.76. The monoisotopic (exact) mass is 430 g/mol. The smallest absolute Gasteiger partial charge is 0.234 e. The number of rotatable bonds is 7. The van der Waals surface area contributed by atoms with E-state index < -0.39 is 0 Å². The molecule has 1 N–H and O–H groups in total. The van der Waals surface area contributed by atoms with Crippen LogP contribution in [-0.4, -0.2) is 33.5 Å². The Labute approximate surface area is 185 Å². The lowest BCUT2D eigenvalue weighted by Crippen LogP contribution is -2.14. The van der Waals surface area contributed by atoms with Crippen LogP contribution in [-0.2, 0) is 4.79 Å². The zero-order valence-electron chi connectivity index (χ0n) is 17.3. The van der Waals surface area contributed by atoms with Crippen LogP contribution in [0.4, 0.5) is 5.69 Å². The minimum absolute atomic E-state index is 0.127. The van der Waals surface area contributed by atoms with Crippen LogP contribution in [0.15, 0.2) is 84.0 Å². The summed E-state index contributed by atoms with van der Waals surface area (Å²) in [5, 5.41) is 12.4. The number of hydrogen-bond donors (Lipinski definition) is 1. The van der Waals surface area contributed by atoms with E-state index in [4.69, 9.17) is 4.74 Å². The van der Waals surface area contributed by atoms with E-state index >= 15 is 0 Å². The molecule has 0 aliphatic heterocycles. The van der Waals surface area contributed by atoms with Crippen molar-refractivity contribution in [2.75, 3.05) is 18.2 Å². The van der Waals surface area contributed by atoms with Crippen molar-refractivity contribution in [1.82, 2.24) is 14.8 Å². The van der Waals surface area contributed by atoms with Gasteiger partial charge in [-0.2, -0.15) is 0 Å². The molecular weight excluding hydrogens is 408 g/mol. The van der Waals surface area contributed by atoms with E-state index in [0.29, 0.717) is 16.6 Å². The van der Waals surface area contributed by atoms with Crippen LogP contribution >= 0.6 is 11.8 Å². The van der Waals surface area contributed by atoms with Crippen molar-refractivity contribution in [1.29, 1.82) is 0 Å². The molecule has 4 rings (SSSR count). The Morgan fingerprint density at radius 1 is 1.00 bits per heavy atom. The van der Waals surface area contributed by atoms with Gasteiger partial charge in [-0.15, -0.1) is 10.2 Å². The largest absolute Gasteiger partial charge is 0.497 e. The van der Waals surface area contributed by atoms with Crippen LogP contribution in [0.3, 0.4) is 0 Å². The van der Waals surface area contributed by atoms with Crippen molar-refractivity contribution in [2.24, 2.45) is 0 Å². The molecule has 0 bridgehead atoms. The number of thioether (sulfide) groups is 1. The summed E-state index contributed by atoms with van der Waals surface area (Å²) >= 11 is 1.34. The zero-order valence-corrected chi connectivity index (χ0v) is 18.1. The third kappa shape index (κ3) is 4.95. The first kappa shape index (κ1) is 20.7. The van der Waals surface area contributed by atoms with Crippen molar-refractivity contribution in [3.8, 4) is 22.8 Å². The number of para-hydroxylation sites is 1. The molecule has 0 saturated heterocycles. The quantitative estimate of drug-likeness (QED) is 0.419. The van der Waals surface area contributed by atoms with Gasteiger partial charge in [-0.3, -0.25) is 9.36 Å². The van der Waals surface area contributed by atoms with Crippen LogP contribution in [0.25, 0.3) is 17.1 Å². The maximum atomic E-state index is 12.5. The maximum Gasteiger partial charge on any atom is 0.234 e. The standard InChI is InChI=1S/C24H22N4O2S/c1-17-8-6-9-18(14-17)23-26-27-24(28(23)20-11-4-3-5-12-20)31-16-22(29)25-19-10-7-13-21(15-19)30-2/h3-15H,16H2,1-2H3,(H,25,29). The van der Waals surface area contributed by atoms with Gasteiger partial charge in [-0.05, 0) is 37.3 Å². The first-order valence-electron chi connectivity index (χ1n) is 9.78. The van der Waals surface area contributed by atoms with Gasteiger partial charge in [0.2, 0.25) is 5.91 Å². The molecule has 0 spiro atoms. The summed E-state index contributed by atoms with van der Waals surface area (Å²) in [6.45, 7) is 2.05. The number of amides is 1. The Morgan fingerprint density at radius 3 is 2.58 bits per heavy atom. The van der Waals surface area contributed by atoms with Crippen molar-refractivity contribution in [3.05, 3.63) is 84.4 Å². The fraction of sp³-hybridized carbons (Fsp3) is 0.125. The molecule has 1 aromatic heterocycles. The molecule has 0 radical (unpaired) electrons. The Hall–Kier alpha value is -3.58. The van der Waals surface area contributed by atoms with Gasteiger partial charge in [0.15, 0.2) is 11.0 Å². The molecule has 0 saturated carbocycles. The van der Waals surface area contributed by atoms with Crippen molar-refractivity contribution in [3.63, 3.8) is 0 Å². The summed E-state index contributed by atoms with van der Waals surface area (Å²) in [6.07, 6.45) is 0. The first-order chi connectivity index (χ1) is 15.1. The molecule has 4 aromatic rings. The van der Waals surface area contributed by atoms with E-state index in [2.05, 4.69) is 21.6 Å². The predicted octanol–water partition coefficient (Wildman–Crippen LogP) is 4.98. The molecule has 7 heteroatoms. The lowest BCUT2D eigenvalue weighted by molar-refractivity contribution is -0.113. The Balaban J connectivity index is 1.57. The van der Waals surface area contributed by atoms with Crippen molar-refractivity contribution in [2.45, 2.75) is 12.1 Å². The maximum absolute atomic E-state index is 12.5. The molecule has 6 nitrogen and oxygen atoms in total. The normalized spacial score (nSPS) is 10.6. The molecule has 1 heterocycles.